The Balaban J connectivity index is 2.25. The van der Waals surface area contributed by atoms with Crippen LogP contribution in [0.2, 0.25) is 0 Å². The lowest BCUT2D eigenvalue weighted by atomic mass is 10.1. The van der Waals surface area contributed by atoms with Crippen molar-refractivity contribution in [2.24, 2.45) is 0 Å². The molecule has 0 saturated heterocycles. The summed E-state index contributed by atoms with van der Waals surface area (Å²) in [4.78, 5) is 40.6. The van der Waals surface area contributed by atoms with E-state index >= 15 is 0 Å². The third-order valence-electron chi connectivity index (χ3n) is 3.78. The second kappa shape index (κ2) is 11.2. The van der Waals surface area contributed by atoms with E-state index in [0.29, 0.717) is 11.3 Å². The van der Waals surface area contributed by atoms with Crippen LogP contribution < -0.4 is 5.32 Å². The average molecular weight is 410 g/mol. The van der Waals surface area contributed by atoms with Gasteiger partial charge in [-0.2, -0.15) is 0 Å². The molecule has 0 fully saturated rings. The predicted octanol–water partition coefficient (Wildman–Crippen LogP) is 2.76. The Kier molecular flexibility index (Phi) is 8.31. The molecule has 156 valence electrons. The number of methoxy groups -OCH3 is 1. The average Bonchev–Trinajstić information content (AvgIpc) is 2.76. The van der Waals surface area contributed by atoms with Crippen LogP contribution in [0.5, 0.6) is 0 Å². The van der Waals surface area contributed by atoms with Crippen molar-refractivity contribution in [3.8, 4) is 0 Å². The molecule has 0 aliphatic rings. The lowest BCUT2D eigenvalue weighted by Crippen LogP contribution is -2.20. The van der Waals surface area contributed by atoms with E-state index in [0.717, 1.165) is 11.8 Å². The van der Waals surface area contributed by atoms with Gasteiger partial charge in [-0.15, -0.1) is 0 Å². The summed E-state index contributed by atoms with van der Waals surface area (Å²) < 4.78 is 14.8. The van der Waals surface area contributed by atoms with Crippen LogP contribution in [0.1, 0.15) is 28.5 Å². The van der Waals surface area contributed by atoms with E-state index in [1.807, 2.05) is 6.92 Å². The molecule has 0 atom stereocenters. The first-order valence-electron chi connectivity index (χ1n) is 9.07. The third kappa shape index (κ3) is 6.30. The van der Waals surface area contributed by atoms with Gasteiger partial charge in [0.25, 0.3) is 0 Å². The van der Waals surface area contributed by atoms with Gasteiger partial charge in [0.2, 0.25) is 0 Å². The van der Waals surface area contributed by atoms with Crippen LogP contribution in [0.4, 0.5) is 0 Å². The van der Waals surface area contributed by atoms with E-state index < -0.39 is 17.9 Å². The number of hydrogen-bond donors (Lipinski definition) is 1. The maximum Gasteiger partial charge on any atom is 0.357 e. The van der Waals surface area contributed by atoms with Gasteiger partial charge in [-0.1, -0.05) is 23.8 Å². The van der Waals surface area contributed by atoms with Crippen LogP contribution in [0, 0.1) is 6.92 Å². The standard InChI is InChI=1S/C22H22N2O6/c1-4-29-21(26)17(18-7-5-6-12-23-18)13-24-19(22(27)28-3)14-30-20(25)16-10-8-15(2)9-11-16/h5-14,24H,4H2,1-3H3/b17-13+,19-14-. The lowest BCUT2D eigenvalue weighted by molar-refractivity contribution is -0.137. The summed E-state index contributed by atoms with van der Waals surface area (Å²) in [5.74, 6) is -2.09. The Hall–Kier alpha value is -3.94. The highest BCUT2D eigenvalue weighted by atomic mass is 16.5. The summed E-state index contributed by atoms with van der Waals surface area (Å²) in [5, 5.41) is 2.63. The van der Waals surface area contributed by atoms with Gasteiger partial charge in [0.05, 0.1) is 25.0 Å². The third-order valence-corrected chi connectivity index (χ3v) is 3.78. The highest BCUT2D eigenvalue weighted by molar-refractivity contribution is 6.15. The summed E-state index contributed by atoms with van der Waals surface area (Å²) in [7, 11) is 1.17. The minimum Gasteiger partial charge on any atom is -0.464 e. The fraction of sp³-hybridized carbons (Fsp3) is 0.182. The molecule has 0 radical (unpaired) electrons. The first kappa shape index (κ1) is 22.4. The molecule has 0 aliphatic carbocycles. The molecule has 2 aromatic rings. The van der Waals surface area contributed by atoms with Gasteiger partial charge in [0.15, 0.2) is 5.70 Å². The molecule has 1 heterocycles. The first-order valence-corrected chi connectivity index (χ1v) is 9.07. The number of nitrogens with zero attached hydrogens (tertiary/aromatic N) is 1. The Bertz CT molecular complexity index is 949. The number of aromatic nitrogens is 1. The molecule has 8 nitrogen and oxygen atoms in total. The van der Waals surface area contributed by atoms with Crippen LogP contribution in [0.25, 0.3) is 5.57 Å². The van der Waals surface area contributed by atoms with Crippen molar-refractivity contribution in [3.05, 3.63) is 83.6 Å². The minimum atomic E-state index is -0.799. The fourth-order valence-electron chi connectivity index (χ4n) is 2.24. The largest absolute Gasteiger partial charge is 0.464 e. The fourth-order valence-corrected chi connectivity index (χ4v) is 2.24. The SMILES string of the molecule is CCOC(=O)/C(=C/N/C(=C\OC(=O)c1ccc(C)cc1)C(=O)OC)c1ccccn1. The number of carbonyl (C=O) groups excluding carboxylic acids is 3. The van der Waals surface area contributed by atoms with Gasteiger partial charge < -0.3 is 19.5 Å². The summed E-state index contributed by atoms with van der Waals surface area (Å²) in [6.45, 7) is 3.73. The number of carbonyl (C=O) groups is 3. The van der Waals surface area contributed by atoms with Gasteiger partial charge in [-0.3, -0.25) is 4.98 Å². The molecule has 30 heavy (non-hydrogen) atoms. The zero-order valence-corrected chi connectivity index (χ0v) is 16.9. The normalized spacial score (nSPS) is 11.4. The maximum atomic E-state index is 12.3. The molecule has 0 bridgehead atoms. The molecular weight excluding hydrogens is 388 g/mol. The van der Waals surface area contributed by atoms with Gasteiger partial charge in [0, 0.05) is 12.4 Å². The van der Waals surface area contributed by atoms with E-state index in [9.17, 15) is 14.4 Å². The highest BCUT2D eigenvalue weighted by Gasteiger charge is 2.17. The summed E-state index contributed by atoms with van der Waals surface area (Å²) in [6.07, 6.45) is 3.68. The van der Waals surface area contributed by atoms with E-state index in [4.69, 9.17) is 9.47 Å². The monoisotopic (exact) mass is 410 g/mol. The number of nitrogens with one attached hydrogen (secondary N) is 1. The molecule has 0 spiro atoms. The molecule has 0 amide bonds. The number of ether oxygens (including phenoxy) is 3. The Morgan fingerprint density at radius 2 is 1.80 bits per heavy atom. The molecule has 8 heteroatoms. The quantitative estimate of drug-likeness (QED) is 0.307. The highest BCUT2D eigenvalue weighted by Crippen LogP contribution is 2.13. The van der Waals surface area contributed by atoms with Gasteiger partial charge in [-0.05, 0) is 38.1 Å². The van der Waals surface area contributed by atoms with E-state index in [1.165, 1.54) is 19.5 Å². The summed E-state index contributed by atoms with van der Waals surface area (Å²) in [5.41, 5.74) is 1.53. The van der Waals surface area contributed by atoms with Crippen LogP contribution in [0.15, 0.2) is 66.8 Å². The predicted molar refractivity (Wildman–Crippen MR) is 109 cm³/mol. The topological polar surface area (TPSA) is 104 Å². The summed E-state index contributed by atoms with van der Waals surface area (Å²) >= 11 is 0. The molecule has 0 aliphatic heterocycles. The van der Waals surface area contributed by atoms with Crippen molar-refractivity contribution in [2.45, 2.75) is 13.8 Å². The Morgan fingerprint density at radius 3 is 2.40 bits per heavy atom. The van der Waals surface area contributed by atoms with Crippen molar-refractivity contribution in [3.63, 3.8) is 0 Å². The van der Waals surface area contributed by atoms with Gasteiger partial charge in [-0.25, -0.2) is 14.4 Å². The van der Waals surface area contributed by atoms with Crippen LogP contribution >= 0.6 is 0 Å². The smallest absolute Gasteiger partial charge is 0.357 e. The van der Waals surface area contributed by atoms with Crippen molar-refractivity contribution < 1.29 is 28.6 Å². The van der Waals surface area contributed by atoms with Crippen LogP contribution in [-0.4, -0.2) is 36.6 Å². The Morgan fingerprint density at radius 1 is 1.07 bits per heavy atom. The molecule has 0 saturated carbocycles. The number of hydrogen-bond acceptors (Lipinski definition) is 8. The van der Waals surface area contributed by atoms with Crippen LogP contribution in [-0.2, 0) is 23.8 Å². The minimum absolute atomic E-state index is 0.0807. The van der Waals surface area contributed by atoms with Crippen molar-refractivity contribution in [1.82, 2.24) is 10.3 Å². The Labute approximate surface area is 174 Å². The van der Waals surface area contributed by atoms with Gasteiger partial charge >= 0.3 is 17.9 Å². The number of aryl methyl sites for hydroxylation is 1. The molecule has 1 aromatic carbocycles. The van der Waals surface area contributed by atoms with Crippen LogP contribution in [0.3, 0.4) is 0 Å². The number of rotatable bonds is 8. The van der Waals surface area contributed by atoms with E-state index in [2.05, 4.69) is 15.0 Å². The lowest BCUT2D eigenvalue weighted by Gasteiger charge is -2.09. The van der Waals surface area contributed by atoms with Gasteiger partial charge in [0.1, 0.15) is 11.8 Å². The second-order valence-corrected chi connectivity index (χ2v) is 5.93. The molecule has 1 N–H and O–H groups in total. The molecule has 2 rings (SSSR count). The molecule has 1 aromatic heterocycles. The van der Waals surface area contributed by atoms with Crippen molar-refractivity contribution in [1.29, 1.82) is 0 Å². The maximum absolute atomic E-state index is 12.3. The summed E-state index contributed by atoms with van der Waals surface area (Å²) in [6, 6.07) is 11.8. The van der Waals surface area contributed by atoms with E-state index in [1.54, 1.807) is 49.4 Å². The number of esters is 3. The zero-order valence-electron chi connectivity index (χ0n) is 16.9. The number of pyridine rings is 1. The molecular formula is C22H22N2O6. The molecule has 0 unspecified atom stereocenters. The zero-order chi connectivity index (χ0) is 21.9. The van der Waals surface area contributed by atoms with Crippen molar-refractivity contribution >= 4 is 23.5 Å². The van der Waals surface area contributed by atoms with Crippen molar-refractivity contribution in [2.75, 3.05) is 13.7 Å². The van der Waals surface area contributed by atoms with E-state index in [-0.39, 0.29) is 17.9 Å². The number of benzene rings is 1. The first-order chi connectivity index (χ1) is 14.5. The second-order valence-electron chi connectivity index (χ2n) is 5.93.